The van der Waals surface area contributed by atoms with Gasteiger partial charge in [0.1, 0.15) is 5.82 Å². The summed E-state index contributed by atoms with van der Waals surface area (Å²) in [7, 11) is 0. The number of nitrogens with zero attached hydrogens (tertiary/aromatic N) is 2. The molecule has 1 heterocycles. The van der Waals surface area contributed by atoms with Crippen LogP contribution in [0.1, 0.15) is 11.1 Å². The van der Waals surface area contributed by atoms with Crippen molar-refractivity contribution in [2.45, 2.75) is 13.3 Å². The number of nitrogens with one attached hydrogen (secondary N) is 1. The third-order valence-corrected chi connectivity index (χ3v) is 3.13. The van der Waals surface area contributed by atoms with E-state index in [0.717, 1.165) is 5.56 Å². The van der Waals surface area contributed by atoms with Crippen LogP contribution in [0.15, 0.2) is 36.5 Å². The maximum Gasteiger partial charge on any atom is 0.270 e. The van der Waals surface area contributed by atoms with E-state index in [1.165, 1.54) is 18.2 Å². The van der Waals surface area contributed by atoms with Crippen molar-refractivity contribution in [1.29, 1.82) is 0 Å². The lowest BCUT2D eigenvalue weighted by Gasteiger charge is -2.06. The van der Waals surface area contributed by atoms with Crippen LogP contribution in [0.5, 0.6) is 0 Å². The topological polar surface area (TPSA) is 85.1 Å². The monoisotopic (exact) mass is 305 g/mol. The third-order valence-electron chi connectivity index (χ3n) is 2.78. The molecule has 0 aliphatic rings. The highest BCUT2D eigenvalue weighted by Crippen LogP contribution is 2.23. The first kappa shape index (κ1) is 14.9. The molecule has 1 N–H and O–H groups in total. The van der Waals surface area contributed by atoms with Gasteiger partial charge in [0.25, 0.3) is 5.69 Å². The molecule has 1 amide bonds. The SMILES string of the molecule is Cc1ccc(NC(=O)Cc2ccc([N+](=O)[O-])cc2Cl)nc1. The van der Waals surface area contributed by atoms with Gasteiger partial charge in [-0.1, -0.05) is 23.7 Å². The number of aromatic nitrogens is 1. The van der Waals surface area contributed by atoms with Crippen LogP contribution in [0.25, 0.3) is 0 Å². The number of pyridine rings is 1. The van der Waals surface area contributed by atoms with E-state index in [4.69, 9.17) is 11.6 Å². The standard InChI is InChI=1S/C14H12ClN3O3/c1-9-2-5-13(16-8-9)17-14(19)6-10-3-4-11(18(20)21)7-12(10)15/h2-5,7-8H,6H2,1H3,(H,16,17,19). The number of hydrogen-bond acceptors (Lipinski definition) is 4. The molecule has 0 aliphatic carbocycles. The fourth-order valence-corrected chi connectivity index (χ4v) is 1.94. The number of benzene rings is 1. The highest BCUT2D eigenvalue weighted by molar-refractivity contribution is 6.31. The Balaban J connectivity index is 2.06. The largest absolute Gasteiger partial charge is 0.310 e. The number of halogens is 1. The summed E-state index contributed by atoms with van der Waals surface area (Å²) < 4.78 is 0. The molecule has 0 atom stereocenters. The number of carbonyl (C=O) groups excluding carboxylic acids is 1. The maximum absolute atomic E-state index is 11.9. The zero-order valence-corrected chi connectivity index (χ0v) is 11.9. The van der Waals surface area contributed by atoms with Crippen molar-refractivity contribution in [2.24, 2.45) is 0 Å². The summed E-state index contributed by atoms with van der Waals surface area (Å²) in [5.41, 5.74) is 1.41. The molecule has 2 aromatic rings. The summed E-state index contributed by atoms with van der Waals surface area (Å²) in [4.78, 5) is 26.0. The Labute approximate surface area is 125 Å². The minimum atomic E-state index is -0.536. The summed E-state index contributed by atoms with van der Waals surface area (Å²) in [6.45, 7) is 1.90. The lowest BCUT2D eigenvalue weighted by atomic mass is 10.1. The van der Waals surface area contributed by atoms with Crippen molar-refractivity contribution in [2.75, 3.05) is 5.32 Å². The molecule has 1 aromatic heterocycles. The third kappa shape index (κ3) is 4.00. The molecule has 2 rings (SSSR count). The van der Waals surface area contributed by atoms with E-state index in [-0.39, 0.29) is 23.0 Å². The van der Waals surface area contributed by atoms with Crippen molar-refractivity contribution >= 4 is 29.0 Å². The molecular formula is C14H12ClN3O3. The van der Waals surface area contributed by atoms with E-state index in [0.29, 0.717) is 11.4 Å². The van der Waals surface area contributed by atoms with Crippen molar-refractivity contribution in [3.05, 3.63) is 62.8 Å². The second-order valence-electron chi connectivity index (χ2n) is 4.48. The minimum Gasteiger partial charge on any atom is -0.310 e. The van der Waals surface area contributed by atoms with Crippen LogP contribution in [0.3, 0.4) is 0 Å². The summed E-state index contributed by atoms with van der Waals surface area (Å²) >= 11 is 5.94. The maximum atomic E-state index is 11.9. The highest BCUT2D eigenvalue weighted by Gasteiger charge is 2.12. The summed E-state index contributed by atoms with van der Waals surface area (Å²) in [5, 5.41) is 13.4. The van der Waals surface area contributed by atoms with Gasteiger partial charge in [0.2, 0.25) is 5.91 Å². The molecule has 7 heteroatoms. The lowest BCUT2D eigenvalue weighted by molar-refractivity contribution is -0.384. The molecule has 1 aromatic carbocycles. The fraction of sp³-hybridized carbons (Fsp3) is 0.143. The second kappa shape index (κ2) is 6.32. The second-order valence-corrected chi connectivity index (χ2v) is 4.89. The molecule has 108 valence electrons. The van der Waals surface area contributed by atoms with Gasteiger partial charge in [0.15, 0.2) is 0 Å². The molecule has 6 nitrogen and oxygen atoms in total. The minimum absolute atomic E-state index is 0.0202. The Bertz CT molecular complexity index is 686. The average Bonchev–Trinajstić information content (AvgIpc) is 2.43. The number of anilines is 1. The predicted molar refractivity (Wildman–Crippen MR) is 79.4 cm³/mol. The lowest BCUT2D eigenvalue weighted by Crippen LogP contribution is -2.15. The summed E-state index contributed by atoms with van der Waals surface area (Å²) in [5.74, 6) is 0.158. The molecular weight excluding hydrogens is 294 g/mol. The van der Waals surface area contributed by atoms with E-state index in [9.17, 15) is 14.9 Å². The molecule has 0 spiro atoms. The van der Waals surface area contributed by atoms with Gasteiger partial charge in [0, 0.05) is 18.3 Å². The molecule has 0 saturated heterocycles. The molecule has 0 saturated carbocycles. The Hall–Kier alpha value is -2.47. The quantitative estimate of drug-likeness (QED) is 0.694. The Morgan fingerprint density at radius 1 is 1.38 bits per heavy atom. The molecule has 0 radical (unpaired) electrons. The number of amides is 1. The zero-order chi connectivity index (χ0) is 15.4. The van der Waals surface area contributed by atoms with Crippen LogP contribution in [0.4, 0.5) is 11.5 Å². The average molecular weight is 306 g/mol. The first-order valence-electron chi connectivity index (χ1n) is 6.11. The summed E-state index contributed by atoms with van der Waals surface area (Å²) in [6, 6.07) is 7.56. The van der Waals surface area contributed by atoms with E-state index < -0.39 is 4.92 Å². The number of carbonyl (C=O) groups is 1. The fourth-order valence-electron chi connectivity index (χ4n) is 1.69. The van der Waals surface area contributed by atoms with Crippen LogP contribution < -0.4 is 5.32 Å². The van der Waals surface area contributed by atoms with Gasteiger partial charge in [-0.15, -0.1) is 0 Å². The number of nitro benzene ring substituents is 1. The van der Waals surface area contributed by atoms with Gasteiger partial charge < -0.3 is 5.32 Å². The van der Waals surface area contributed by atoms with Crippen LogP contribution in [0, 0.1) is 17.0 Å². The van der Waals surface area contributed by atoms with E-state index >= 15 is 0 Å². The van der Waals surface area contributed by atoms with E-state index in [1.807, 2.05) is 13.0 Å². The number of nitro groups is 1. The Kier molecular flexibility index (Phi) is 4.49. The molecule has 21 heavy (non-hydrogen) atoms. The summed E-state index contributed by atoms with van der Waals surface area (Å²) in [6.07, 6.45) is 1.67. The van der Waals surface area contributed by atoms with Gasteiger partial charge in [-0.25, -0.2) is 4.98 Å². The van der Waals surface area contributed by atoms with Crippen LogP contribution >= 0.6 is 11.6 Å². The molecule has 0 bridgehead atoms. The molecule has 0 aliphatic heterocycles. The highest BCUT2D eigenvalue weighted by atomic mass is 35.5. The predicted octanol–water partition coefficient (Wildman–Crippen LogP) is 3.13. The smallest absolute Gasteiger partial charge is 0.270 e. The number of hydrogen-bond donors (Lipinski definition) is 1. The van der Waals surface area contributed by atoms with Gasteiger partial charge in [-0.3, -0.25) is 14.9 Å². The van der Waals surface area contributed by atoms with Crippen molar-refractivity contribution in [3.63, 3.8) is 0 Å². The van der Waals surface area contributed by atoms with Gasteiger partial charge >= 0.3 is 0 Å². The molecule has 0 fully saturated rings. The zero-order valence-electron chi connectivity index (χ0n) is 11.2. The van der Waals surface area contributed by atoms with E-state index in [2.05, 4.69) is 10.3 Å². The first-order valence-corrected chi connectivity index (χ1v) is 6.49. The van der Waals surface area contributed by atoms with Crippen molar-refractivity contribution in [1.82, 2.24) is 4.98 Å². The normalized spacial score (nSPS) is 10.2. The van der Waals surface area contributed by atoms with Crippen molar-refractivity contribution in [3.8, 4) is 0 Å². The van der Waals surface area contributed by atoms with Gasteiger partial charge in [0.05, 0.1) is 16.4 Å². The van der Waals surface area contributed by atoms with Crippen molar-refractivity contribution < 1.29 is 9.72 Å². The van der Waals surface area contributed by atoms with Crippen LogP contribution in [0.2, 0.25) is 5.02 Å². The van der Waals surface area contributed by atoms with Gasteiger partial charge in [-0.05, 0) is 24.1 Å². The van der Waals surface area contributed by atoms with Crippen LogP contribution in [-0.4, -0.2) is 15.8 Å². The molecule has 0 unspecified atom stereocenters. The first-order chi connectivity index (χ1) is 9.95. The van der Waals surface area contributed by atoms with Gasteiger partial charge in [-0.2, -0.15) is 0 Å². The van der Waals surface area contributed by atoms with Crippen LogP contribution in [-0.2, 0) is 11.2 Å². The number of rotatable bonds is 4. The van der Waals surface area contributed by atoms with E-state index in [1.54, 1.807) is 12.3 Å². The number of aryl methyl sites for hydroxylation is 1. The number of non-ortho nitro benzene ring substituents is 1. The Morgan fingerprint density at radius 3 is 2.71 bits per heavy atom. The Morgan fingerprint density at radius 2 is 2.14 bits per heavy atom.